The van der Waals surface area contributed by atoms with Gasteiger partial charge >= 0.3 is 38.5 Å². The zero-order chi connectivity index (χ0) is 73.5. The second kappa shape index (κ2) is 44.9. The van der Waals surface area contributed by atoms with Crippen molar-refractivity contribution in [2.75, 3.05) is 78.1 Å². The molecule has 550 valence electrons. The number of terminal acetylenes is 1. The number of carbonyl (C=O) groups is 4. The molecule has 3 amide bonds. The number of benzene rings is 3. The number of hydrogen-bond acceptors (Lipinski definition) is 19. The highest BCUT2D eigenvalue weighted by atomic mass is 32.7. The molecule has 6 fully saturated rings. The highest BCUT2D eigenvalue weighted by Gasteiger charge is 2.52. The van der Waals surface area contributed by atoms with E-state index in [-0.39, 0.29) is 85.3 Å². The molecule has 1 N–H and O–H groups in total. The highest BCUT2D eigenvalue weighted by Crippen LogP contribution is 2.60. The van der Waals surface area contributed by atoms with Crippen LogP contribution in [0.2, 0.25) is 0 Å². The quantitative estimate of drug-likeness (QED) is 0.0557. The smallest absolute Gasteiger partial charge is 0.409 e. The fraction of sp³-hybridized carbons (Fsp3) is 0.477. The van der Waals surface area contributed by atoms with Crippen molar-refractivity contribution in [2.45, 2.75) is 126 Å². The van der Waals surface area contributed by atoms with Crippen LogP contribution in [0.4, 0.5) is 20.1 Å². The minimum absolute atomic E-state index is 0. The Morgan fingerprint density at radius 1 is 0.545 bits per heavy atom. The molecule has 6 aliphatic rings. The van der Waals surface area contributed by atoms with Crippen molar-refractivity contribution >= 4 is 138 Å². The molecule has 3 saturated heterocycles. The Balaban J connectivity index is 0.000000407. The summed E-state index contributed by atoms with van der Waals surface area (Å²) in [6.45, 7) is 16.5. The first-order valence-corrected chi connectivity index (χ1v) is 47.9. The van der Waals surface area contributed by atoms with Gasteiger partial charge in [0.15, 0.2) is 0 Å². The molecule has 34 heteroatoms. The van der Waals surface area contributed by atoms with E-state index in [0.717, 1.165) is 61.9 Å². The number of anilines is 1. The summed E-state index contributed by atoms with van der Waals surface area (Å²) in [6, 6.07) is 27.8. The Morgan fingerprint density at radius 3 is 1.18 bits per heavy atom. The van der Waals surface area contributed by atoms with E-state index in [4.69, 9.17) is 18.4 Å². The molecule has 3 saturated carbocycles. The van der Waals surface area contributed by atoms with Crippen molar-refractivity contribution in [2.24, 2.45) is 16.2 Å². The van der Waals surface area contributed by atoms with Crippen molar-refractivity contribution in [3.05, 3.63) is 145 Å². The lowest BCUT2D eigenvalue weighted by Crippen LogP contribution is -2.57. The molecule has 3 aliphatic heterocycles. The summed E-state index contributed by atoms with van der Waals surface area (Å²) in [4.78, 5) is 59.9. The Bertz CT molecular complexity index is 3490. The number of carbonyl (C=O) groups excluding carboxylic acids is 4. The number of hydrogen-bond donors (Lipinski definition) is 1. The van der Waals surface area contributed by atoms with Gasteiger partial charge in [0.1, 0.15) is 5.78 Å². The van der Waals surface area contributed by atoms with Crippen LogP contribution < -0.4 is 4.90 Å². The number of Topliss-reactive ketones (excluding diaryl/α,β-unsaturated/α-hetero) is 1. The van der Waals surface area contributed by atoms with E-state index in [0.29, 0.717) is 77.5 Å². The van der Waals surface area contributed by atoms with Gasteiger partial charge in [-0.05, 0) is 161 Å². The van der Waals surface area contributed by atoms with Crippen molar-refractivity contribution < 1.29 is 71.6 Å². The van der Waals surface area contributed by atoms with Crippen LogP contribution in [0, 0.1) is 49.9 Å². The monoisotopic (exact) mass is 1600 g/mol. The number of ketones is 1. The molecule has 11 rings (SSSR count). The number of aliphatic hydroxyl groups excluding tert-OH is 1. The van der Waals surface area contributed by atoms with E-state index >= 15 is 0 Å². The van der Waals surface area contributed by atoms with Crippen molar-refractivity contribution in [3.63, 3.8) is 0 Å². The van der Waals surface area contributed by atoms with Gasteiger partial charge in [-0.1, -0.05) is 59.2 Å². The van der Waals surface area contributed by atoms with Crippen LogP contribution in [0.3, 0.4) is 0 Å². The van der Waals surface area contributed by atoms with Crippen molar-refractivity contribution in [3.8, 4) is 12.8 Å². The SMILES string of the molecule is C#C.CCOC(=O)N1CC2(CCC(=O)C2)C1.CCOC(=O)N1CC2(CC[C@H](O)C2)C1.CCOC(=O)N1CC2(CC[C@H](OS(=O)(=O)c3ccc(C)cc3)C2)C1.CN(C)c1ccncc1.Cc1ccc(S(=O)(=O)OS(=O)(=O)c2ccc(C)cc2)cc1.P.PP(P)P.PP(P)P.c1ccncc1. The standard InChI is InChI=1S/C17H23NO5S.C14H14O5S2.C10H17NO3.C10H15NO3.C7H10N2.C5H5N.C2H2.2H6P4.H3P/c1-3-22-16(19)18-11-17(12-18)9-8-14(10-17)23-24(20,21)15-6-4-13(2)5-7-15;1-11-3-7-13(8-4-11)20(15,16)19-21(17,18)14-9-5-12(2)6-10-14;2*1-2-14-9(13)11-6-10(7-11)4-3-8(12)5-10;1-9(2)7-3-5-8-6-4-7;1-2-4-6-5-3-1;1-2;2*1-4(2)3;/h4-7,14H,3,8-12H2,1-2H3;3-10H,1-2H3;8,12H,2-7H2,1H3;2-7H2,1H3;3-6H,1-2H3;1-5H;1-2H;2*1-3H2;1H3/t14-;;8-;;;;;;;/m0.0......./s1. The normalized spacial score (nSPS) is 17.6. The topological polar surface area (TPSA) is 276 Å². The zero-order valence-corrected chi connectivity index (χ0v) is 70.3. The van der Waals surface area contributed by atoms with Gasteiger partial charge in [-0.3, -0.25) is 18.9 Å². The molecule has 2 aromatic heterocycles. The van der Waals surface area contributed by atoms with E-state index in [1.807, 2.05) is 63.2 Å². The summed E-state index contributed by atoms with van der Waals surface area (Å²) < 4.78 is 97.3. The largest absolute Gasteiger partial charge is 0.450 e. The van der Waals surface area contributed by atoms with Crippen LogP contribution >= 0.6 is 77.4 Å². The second-order valence-electron chi connectivity index (χ2n) is 24.1. The van der Waals surface area contributed by atoms with Crippen molar-refractivity contribution in [1.82, 2.24) is 24.7 Å². The number of rotatable bonds is 11. The third-order valence-electron chi connectivity index (χ3n) is 15.7. The summed E-state index contributed by atoms with van der Waals surface area (Å²) in [5, 5.41) is 9.42. The molecule has 3 aromatic carbocycles. The molecular weight excluding hydrogens is 1500 g/mol. The van der Waals surface area contributed by atoms with E-state index in [1.54, 1.807) is 116 Å². The highest BCUT2D eigenvalue weighted by molar-refractivity contribution is 8.66. The summed E-state index contributed by atoms with van der Waals surface area (Å²) in [5.41, 5.74) is 4.22. The summed E-state index contributed by atoms with van der Waals surface area (Å²) in [7, 11) is 7.41. The molecule has 3 spiro atoms. The number of pyridine rings is 2. The maximum absolute atomic E-state index is 12.4. The predicted octanol–water partition coefficient (Wildman–Crippen LogP) is 13.5. The van der Waals surface area contributed by atoms with Gasteiger partial charge in [-0.2, -0.15) is 35.2 Å². The van der Waals surface area contributed by atoms with Crippen LogP contribution in [0.5, 0.6) is 0 Å². The number of likely N-dealkylation sites (tertiary alicyclic amines) is 3. The molecule has 5 heterocycles. The fourth-order valence-electron chi connectivity index (χ4n) is 11.1. The van der Waals surface area contributed by atoms with Gasteiger partial charge in [0.05, 0.1) is 46.7 Å². The maximum Gasteiger partial charge on any atom is 0.409 e. The second-order valence-corrected chi connectivity index (χ2v) is 52.3. The fourth-order valence-corrected chi connectivity index (χ4v) is 14.7. The lowest BCUT2D eigenvalue weighted by Gasteiger charge is -2.47. The van der Waals surface area contributed by atoms with Gasteiger partial charge in [0.25, 0.3) is 10.1 Å². The van der Waals surface area contributed by atoms with Gasteiger partial charge in [-0.25, -0.2) is 14.4 Å². The third kappa shape index (κ3) is 32.5. The minimum Gasteiger partial charge on any atom is -0.450 e. The molecule has 9 atom stereocenters. The number of aromatic nitrogens is 2. The molecular formula is C65H101N6O16P9S3. The molecule has 99 heavy (non-hydrogen) atoms. The Hall–Kier alpha value is -3.60. The summed E-state index contributed by atoms with van der Waals surface area (Å²) in [6.07, 6.45) is 21.2. The lowest BCUT2D eigenvalue weighted by atomic mass is 9.78. The number of aryl methyl sites for hydroxylation is 3. The molecule has 3 aliphatic carbocycles. The third-order valence-corrected chi connectivity index (χ3v) is 20.2. The van der Waals surface area contributed by atoms with Gasteiger partial charge < -0.3 is 38.9 Å². The first-order chi connectivity index (χ1) is 46.1. The Morgan fingerprint density at radius 2 is 0.889 bits per heavy atom. The average molecular weight is 1600 g/mol. The van der Waals surface area contributed by atoms with Crippen molar-refractivity contribution in [1.29, 1.82) is 0 Å². The van der Waals surface area contributed by atoms with Crippen LogP contribution in [0.15, 0.2) is 143 Å². The van der Waals surface area contributed by atoms with Crippen LogP contribution in [-0.4, -0.2) is 164 Å². The first-order valence-electron chi connectivity index (χ1n) is 31.2. The number of nitrogens with zero attached hydrogens (tertiary/aromatic N) is 6. The molecule has 22 nitrogen and oxygen atoms in total. The van der Waals surface area contributed by atoms with E-state index in [2.05, 4.69) is 80.0 Å². The van der Waals surface area contributed by atoms with Crippen LogP contribution in [0.1, 0.15) is 95.2 Å². The number of ether oxygens (including phenoxy) is 3. The minimum atomic E-state index is -4.38. The molecule has 7 unspecified atom stereocenters. The zero-order valence-electron chi connectivity index (χ0n) is 57.7. The predicted molar refractivity (Wildman–Crippen MR) is 423 cm³/mol. The first kappa shape index (κ1) is 91.5. The lowest BCUT2D eigenvalue weighted by molar-refractivity contribution is -0.119. The van der Waals surface area contributed by atoms with E-state index < -0.39 is 30.4 Å². The van der Waals surface area contributed by atoms with Crippen LogP contribution in [-0.2, 0) is 57.2 Å². The van der Waals surface area contributed by atoms with E-state index in [9.17, 15) is 49.5 Å². The number of aliphatic hydroxyl groups is 1. The summed E-state index contributed by atoms with van der Waals surface area (Å²) in [5.74, 6) is 0.341. The molecule has 0 bridgehead atoms. The Kier molecular flexibility index (Phi) is 41.5. The van der Waals surface area contributed by atoms with Gasteiger partial charge in [-0.15, -0.1) is 70.0 Å². The van der Waals surface area contributed by atoms with Gasteiger partial charge in [0, 0.05) is 113 Å². The molecule has 0 radical (unpaired) electrons. The van der Waals surface area contributed by atoms with E-state index in [1.165, 1.54) is 30.0 Å². The number of amides is 3. The maximum atomic E-state index is 12.4. The van der Waals surface area contributed by atoms with Crippen LogP contribution in [0.25, 0.3) is 0 Å². The molecule has 5 aromatic rings. The van der Waals surface area contributed by atoms with Gasteiger partial charge in [0.2, 0.25) is 0 Å². The average Bonchev–Trinajstić information content (AvgIpc) is 1.68. The summed E-state index contributed by atoms with van der Waals surface area (Å²) >= 11 is 0. The Labute approximate surface area is 607 Å².